The third-order valence-corrected chi connectivity index (χ3v) is 7.62. The van der Waals surface area contributed by atoms with E-state index in [1.807, 2.05) is 21.0 Å². The van der Waals surface area contributed by atoms with Crippen molar-refractivity contribution < 1.29 is 22.2 Å². The summed E-state index contributed by atoms with van der Waals surface area (Å²) in [6.07, 6.45) is 21.9. The number of hydrogen-bond acceptors (Lipinski definition) is 4. The molecular weight excluding hydrogens is 448 g/mol. The molecule has 2 N–H and O–H groups in total. The van der Waals surface area contributed by atoms with Crippen LogP contribution in [0.4, 0.5) is 0 Å². The van der Waals surface area contributed by atoms with Crippen LogP contribution in [0.25, 0.3) is 0 Å². The molecule has 0 spiro atoms. The van der Waals surface area contributed by atoms with Crippen molar-refractivity contribution in [3.8, 4) is 0 Å². The zero-order valence-electron chi connectivity index (χ0n) is 23.0. The molecule has 204 valence electrons. The van der Waals surface area contributed by atoms with Gasteiger partial charge in [0.15, 0.2) is 0 Å². The van der Waals surface area contributed by atoms with Crippen molar-refractivity contribution in [1.29, 1.82) is 0 Å². The van der Waals surface area contributed by atoms with Gasteiger partial charge in [-0.1, -0.05) is 96.8 Å². The molecule has 0 saturated heterocycles. The van der Waals surface area contributed by atoms with Crippen molar-refractivity contribution in [2.24, 2.45) is 0 Å². The highest BCUT2D eigenvalue weighted by Crippen LogP contribution is 2.14. The van der Waals surface area contributed by atoms with E-state index >= 15 is 0 Å². The minimum Gasteiger partial charge on any atom is -0.314 e. The first-order valence-corrected chi connectivity index (χ1v) is 15.7. The largest absolute Gasteiger partial charge is 0.314 e. The molecule has 0 rings (SSSR count). The quantitative estimate of drug-likeness (QED) is 0.0889. The van der Waals surface area contributed by atoms with Gasteiger partial charge < -0.3 is 5.32 Å². The van der Waals surface area contributed by atoms with Gasteiger partial charge in [0.1, 0.15) is 0 Å². The number of nitrogens with zero attached hydrogens (tertiary/aromatic N) is 1. The van der Waals surface area contributed by atoms with Crippen molar-refractivity contribution >= 4 is 16.0 Å². The Labute approximate surface area is 212 Å². The number of amides is 1. The lowest BCUT2D eigenvalue weighted by Gasteiger charge is -2.27. The predicted octanol–water partition coefficient (Wildman–Crippen LogP) is 6.50. The van der Waals surface area contributed by atoms with E-state index in [1.165, 1.54) is 83.5 Å². The van der Waals surface area contributed by atoms with Crippen LogP contribution in [-0.4, -0.2) is 62.3 Å². The van der Waals surface area contributed by atoms with Gasteiger partial charge in [-0.3, -0.25) is 9.04 Å². The van der Waals surface area contributed by atoms with Crippen LogP contribution in [-0.2, 0) is 14.9 Å². The average molecular weight is 506 g/mol. The van der Waals surface area contributed by atoms with Gasteiger partial charge in [0.2, 0.25) is 0 Å². The Kier molecular flexibility index (Phi) is 20.4. The molecular formula is C27H57N2O4S+. The van der Waals surface area contributed by atoms with Crippen molar-refractivity contribution in [3.63, 3.8) is 0 Å². The topological polar surface area (TPSA) is 83.5 Å². The molecule has 0 aromatic heterocycles. The van der Waals surface area contributed by atoms with E-state index in [9.17, 15) is 13.2 Å². The van der Waals surface area contributed by atoms with E-state index in [0.717, 1.165) is 32.4 Å². The van der Waals surface area contributed by atoms with Crippen LogP contribution in [0, 0.1) is 0 Å². The molecule has 1 unspecified atom stereocenters. The molecule has 0 aliphatic carbocycles. The molecule has 0 fully saturated rings. The second-order valence-electron chi connectivity index (χ2n) is 10.8. The Morgan fingerprint density at radius 1 is 0.794 bits per heavy atom. The van der Waals surface area contributed by atoms with Gasteiger partial charge in [-0.15, -0.1) is 0 Å². The molecule has 1 atom stereocenters. The smallest absolute Gasteiger partial charge is 0.313 e. The maximum atomic E-state index is 12.6. The number of unbranched alkanes of at least 4 members (excludes halogenated alkanes) is 14. The van der Waals surface area contributed by atoms with Crippen molar-refractivity contribution in [1.82, 2.24) is 5.32 Å². The molecule has 0 bridgehead atoms. The lowest BCUT2D eigenvalue weighted by atomic mass is 10.0. The Balaban J connectivity index is 3.59. The molecule has 0 saturated carbocycles. The lowest BCUT2D eigenvalue weighted by Crippen LogP contribution is -2.47. The molecule has 7 heteroatoms. The van der Waals surface area contributed by atoms with E-state index in [0.29, 0.717) is 23.2 Å². The van der Waals surface area contributed by atoms with Crippen molar-refractivity contribution in [3.05, 3.63) is 0 Å². The highest BCUT2D eigenvalue weighted by Gasteiger charge is 2.24. The van der Waals surface area contributed by atoms with E-state index in [4.69, 9.17) is 4.55 Å². The minimum absolute atomic E-state index is 0.0218. The first-order valence-electron chi connectivity index (χ1n) is 14.1. The summed E-state index contributed by atoms with van der Waals surface area (Å²) in [6.45, 7) is 5.69. The molecule has 0 aliphatic heterocycles. The summed E-state index contributed by atoms with van der Waals surface area (Å²) in [6, 6.07) is 0.0218. The first kappa shape index (κ1) is 33.5. The van der Waals surface area contributed by atoms with E-state index in [1.54, 1.807) is 0 Å². The standard InChI is InChI=1S/C27H56N2O4S/c1-5-6-7-8-9-10-11-12-13-14-15-16-17-18-19-21-27(30)29(3,4)24-20-23-28-26(2)22-25-34(31,32)33/h26,28H,5-25H2,1-4H3/p+1. The Morgan fingerprint density at radius 3 is 1.68 bits per heavy atom. The van der Waals surface area contributed by atoms with Crippen LogP contribution < -0.4 is 5.32 Å². The summed E-state index contributed by atoms with van der Waals surface area (Å²) < 4.78 is 30.8. The normalized spacial score (nSPS) is 13.3. The van der Waals surface area contributed by atoms with Crippen LogP contribution in [0.5, 0.6) is 0 Å². The van der Waals surface area contributed by atoms with Gasteiger partial charge in [-0.2, -0.15) is 8.42 Å². The number of hydrogen-bond donors (Lipinski definition) is 2. The van der Waals surface area contributed by atoms with Gasteiger partial charge in [0, 0.05) is 19.0 Å². The summed E-state index contributed by atoms with van der Waals surface area (Å²) in [4.78, 5) is 12.6. The molecule has 0 radical (unpaired) electrons. The number of carbonyl (C=O) groups excluding carboxylic acids is 1. The number of rotatable bonds is 24. The number of nitrogens with one attached hydrogen (secondary N) is 1. The highest BCUT2D eigenvalue weighted by molar-refractivity contribution is 7.85. The summed E-state index contributed by atoms with van der Waals surface area (Å²) in [7, 11) is 0.0649. The zero-order chi connectivity index (χ0) is 25.7. The monoisotopic (exact) mass is 505 g/mol. The Hall–Kier alpha value is -0.500. The Bertz CT molecular complexity index is 593. The van der Waals surface area contributed by atoms with Gasteiger partial charge in [0.25, 0.3) is 10.1 Å². The maximum absolute atomic E-state index is 12.6. The van der Waals surface area contributed by atoms with Crippen LogP contribution >= 0.6 is 0 Å². The highest BCUT2D eigenvalue weighted by atomic mass is 32.2. The van der Waals surface area contributed by atoms with Crippen LogP contribution in [0.1, 0.15) is 129 Å². The Morgan fingerprint density at radius 2 is 1.24 bits per heavy atom. The summed E-state index contributed by atoms with van der Waals surface area (Å²) >= 11 is 0. The third-order valence-electron chi connectivity index (χ3n) is 6.86. The van der Waals surface area contributed by atoms with Gasteiger partial charge in [-0.05, 0) is 19.8 Å². The number of carbonyl (C=O) groups is 1. The van der Waals surface area contributed by atoms with E-state index in [2.05, 4.69) is 12.2 Å². The van der Waals surface area contributed by atoms with Gasteiger partial charge >= 0.3 is 5.91 Å². The SMILES string of the molecule is CCCCCCCCCCCCCCCCCC(=O)[N+](C)(C)CCCNC(C)CCS(=O)(=O)O. The minimum atomic E-state index is -3.90. The predicted molar refractivity (Wildman–Crippen MR) is 145 cm³/mol. The molecule has 34 heavy (non-hydrogen) atoms. The second kappa shape index (κ2) is 20.7. The second-order valence-corrected chi connectivity index (χ2v) is 12.4. The van der Waals surface area contributed by atoms with Crippen molar-refractivity contribution in [2.45, 2.75) is 135 Å². The van der Waals surface area contributed by atoms with Gasteiger partial charge in [0.05, 0.1) is 32.8 Å². The number of quaternary nitrogens is 1. The third kappa shape index (κ3) is 22.0. The molecule has 0 aliphatic rings. The first-order chi connectivity index (χ1) is 16.1. The van der Waals surface area contributed by atoms with Crippen LogP contribution in [0.2, 0.25) is 0 Å². The summed E-state index contributed by atoms with van der Waals surface area (Å²) in [5.41, 5.74) is 0. The molecule has 0 aromatic rings. The fourth-order valence-corrected chi connectivity index (χ4v) is 4.98. The molecule has 6 nitrogen and oxygen atoms in total. The average Bonchev–Trinajstić information content (AvgIpc) is 2.77. The van der Waals surface area contributed by atoms with Gasteiger partial charge in [-0.25, -0.2) is 4.79 Å². The fourth-order valence-electron chi connectivity index (χ4n) is 4.33. The van der Waals surface area contributed by atoms with E-state index < -0.39 is 10.1 Å². The summed E-state index contributed by atoms with van der Waals surface area (Å²) in [5.74, 6) is 0.0783. The molecule has 0 heterocycles. The maximum Gasteiger partial charge on any atom is 0.313 e. The molecule has 0 aromatic carbocycles. The van der Waals surface area contributed by atoms with Crippen LogP contribution in [0.3, 0.4) is 0 Å². The zero-order valence-corrected chi connectivity index (χ0v) is 23.8. The van der Waals surface area contributed by atoms with E-state index in [-0.39, 0.29) is 11.8 Å². The summed E-state index contributed by atoms with van der Waals surface area (Å²) in [5, 5.41) is 3.27. The van der Waals surface area contributed by atoms with Crippen LogP contribution in [0.15, 0.2) is 0 Å². The molecule has 1 amide bonds. The lowest BCUT2D eigenvalue weighted by molar-refractivity contribution is -0.814. The van der Waals surface area contributed by atoms with Crippen molar-refractivity contribution in [2.75, 3.05) is 32.9 Å². The fraction of sp³-hybridized carbons (Fsp3) is 0.963.